The van der Waals surface area contributed by atoms with Crippen LogP contribution in [0.3, 0.4) is 0 Å². The van der Waals surface area contributed by atoms with Crippen LogP contribution in [0.4, 0.5) is 11.4 Å². The van der Waals surface area contributed by atoms with Gasteiger partial charge in [0.15, 0.2) is 0 Å². The lowest BCUT2D eigenvalue weighted by molar-refractivity contribution is -0.128. The van der Waals surface area contributed by atoms with E-state index >= 15 is 0 Å². The van der Waals surface area contributed by atoms with Gasteiger partial charge in [0.05, 0.1) is 23.4 Å². The van der Waals surface area contributed by atoms with Crippen LogP contribution in [-0.2, 0) is 9.53 Å². The van der Waals surface area contributed by atoms with E-state index in [9.17, 15) is 4.79 Å². The van der Waals surface area contributed by atoms with Crippen LogP contribution in [0.1, 0.15) is 6.42 Å². The lowest BCUT2D eigenvalue weighted by atomic mass is 10.2. The summed E-state index contributed by atoms with van der Waals surface area (Å²) in [5, 5.41) is 3.82. The Bertz CT molecular complexity index is 467. The van der Waals surface area contributed by atoms with Gasteiger partial charge in [-0.1, -0.05) is 11.6 Å². The number of ether oxygens (including phenoxy) is 1. The largest absolute Gasteiger partial charge is 0.398 e. The van der Waals surface area contributed by atoms with Crippen molar-refractivity contribution in [2.24, 2.45) is 0 Å². The molecule has 104 valence electrons. The highest BCUT2D eigenvalue weighted by Gasteiger charge is 2.28. The van der Waals surface area contributed by atoms with E-state index in [1.54, 1.807) is 24.1 Å². The molecule has 0 unspecified atom stereocenters. The molecule has 0 radical (unpaired) electrons. The van der Waals surface area contributed by atoms with Crippen molar-refractivity contribution in [3.8, 4) is 0 Å². The second-order valence-corrected chi connectivity index (χ2v) is 5.02. The summed E-state index contributed by atoms with van der Waals surface area (Å²) in [6.07, 6.45) is 0.492. The van der Waals surface area contributed by atoms with Gasteiger partial charge in [-0.05, 0) is 18.2 Å². The van der Waals surface area contributed by atoms with Gasteiger partial charge in [-0.15, -0.1) is 0 Å². The van der Waals surface area contributed by atoms with Crippen LogP contribution in [0.5, 0.6) is 0 Å². The van der Waals surface area contributed by atoms with Crippen LogP contribution in [0.2, 0.25) is 5.02 Å². The molecule has 19 heavy (non-hydrogen) atoms. The predicted octanol–water partition coefficient (Wildman–Crippen LogP) is 1.58. The van der Waals surface area contributed by atoms with E-state index in [1.165, 1.54) is 0 Å². The number of nitrogen functional groups attached to an aromatic ring is 1. The third kappa shape index (κ3) is 3.52. The second kappa shape index (κ2) is 6.12. The number of methoxy groups -OCH3 is 1. The fraction of sp³-hybridized carbons (Fsp3) is 0.462. The van der Waals surface area contributed by atoms with Crippen molar-refractivity contribution < 1.29 is 9.53 Å². The van der Waals surface area contributed by atoms with Crippen LogP contribution in [-0.4, -0.2) is 43.7 Å². The first kappa shape index (κ1) is 14.0. The topological polar surface area (TPSA) is 67.6 Å². The van der Waals surface area contributed by atoms with Crippen molar-refractivity contribution in [3.05, 3.63) is 23.2 Å². The van der Waals surface area contributed by atoms with E-state index in [0.29, 0.717) is 36.8 Å². The van der Waals surface area contributed by atoms with Crippen molar-refractivity contribution in [1.82, 2.24) is 4.90 Å². The number of carbonyl (C=O) groups excluding carboxylic acids is 1. The Morgan fingerprint density at radius 2 is 2.37 bits per heavy atom. The Morgan fingerprint density at radius 3 is 3.05 bits per heavy atom. The Balaban J connectivity index is 1.93. The number of benzene rings is 1. The highest BCUT2D eigenvalue weighted by molar-refractivity contribution is 6.33. The number of likely N-dealkylation sites (tertiary alicyclic amines) is 1. The second-order valence-electron chi connectivity index (χ2n) is 4.61. The molecule has 1 fully saturated rings. The van der Waals surface area contributed by atoms with Crippen molar-refractivity contribution in [2.45, 2.75) is 12.5 Å². The minimum Gasteiger partial charge on any atom is -0.398 e. The van der Waals surface area contributed by atoms with Crippen molar-refractivity contribution in [2.75, 3.05) is 37.9 Å². The molecule has 0 aliphatic carbocycles. The van der Waals surface area contributed by atoms with Crippen LogP contribution >= 0.6 is 11.6 Å². The van der Waals surface area contributed by atoms with Gasteiger partial charge in [0.25, 0.3) is 0 Å². The minimum absolute atomic E-state index is 0.101. The summed E-state index contributed by atoms with van der Waals surface area (Å²) < 4.78 is 4.99. The van der Waals surface area contributed by atoms with Crippen LogP contribution < -0.4 is 11.1 Å². The molecule has 1 aromatic rings. The zero-order valence-electron chi connectivity index (χ0n) is 10.9. The zero-order valence-corrected chi connectivity index (χ0v) is 11.6. The Morgan fingerprint density at radius 1 is 1.58 bits per heavy atom. The maximum atomic E-state index is 11.8. The quantitative estimate of drug-likeness (QED) is 0.805. The van der Waals surface area contributed by atoms with Gasteiger partial charge < -0.3 is 20.7 Å². The van der Waals surface area contributed by atoms with Gasteiger partial charge >= 0.3 is 0 Å². The van der Waals surface area contributed by atoms with Gasteiger partial charge in [0.2, 0.25) is 5.91 Å². The van der Waals surface area contributed by atoms with Gasteiger partial charge in [0.1, 0.15) is 0 Å². The number of anilines is 2. The molecule has 0 saturated carbocycles. The molecular formula is C13H18ClN3O2. The molecule has 6 heteroatoms. The number of amides is 1. The number of nitrogens with zero attached hydrogens (tertiary/aromatic N) is 1. The van der Waals surface area contributed by atoms with E-state index in [2.05, 4.69) is 5.32 Å². The summed E-state index contributed by atoms with van der Waals surface area (Å²) >= 11 is 5.97. The molecule has 0 aromatic heterocycles. The average Bonchev–Trinajstić information content (AvgIpc) is 2.72. The smallest absolute Gasteiger partial charge is 0.224 e. The van der Waals surface area contributed by atoms with E-state index < -0.39 is 0 Å². The summed E-state index contributed by atoms with van der Waals surface area (Å²) in [6, 6.07) is 5.50. The van der Waals surface area contributed by atoms with E-state index in [1.807, 2.05) is 6.07 Å². The minimum atomic E-state index is 0.101. The number of nitrogens with two attached hydrogens (primary N) is 1. The number of halogens is 1. The lowest BCUT2D eigenvalue weighted by Crippen LogP contribution is -2.30. The first-order valence-corrected chi connectivity index (χ1v) is 6.56. The Hall–Kier alpha value is -1.46. The lowest BCUT2D eigenvalue weighted by Gasteiger charge is -2.17. The molecule has 1 amide bonds. The van der Waals surface area contributed by atoms with E-state index in [0.717, 1.165) is 5.69 Å². The molecule has 3 N–H and O–H groups in total. The summed E-state index contributed by atoms with van der Waals surface area (Å²) in [4.78, 5) is 13.6. The van der Waals surface area contributed by atoms with Crippen LogP contribution in [0, 0.1) is 0 Å². The molecule has 1 saturated heterocycles. The molecule has 1 aliphatic rings. The standard InChI is InChI=1S/C13H18ClN3O2/c1-19-5-4-17-8-10(7-13(17)18)16-9-2-3-12(15)11(14)6-9/h2-3,6,10,16H,4-5,7-8,15H2,1H3/t10-/m0/s1. The molecule has 0 bridgehead atoms. The fourth-order valence-electron chi connectivity index (χ4n) is 2.14. The predicted molar refractivity (Wildman–Crippen MR) is 76.3 cm³/mol. The third-order valence-electron chi connectivity index (χ3n) is 3.15. The number of hydrogen-bond acceptors (Lipinski definition) is 4. The van der Waals surface area contributed by atoms with E-state index in [-0.39, 0.29) is 11.9 Å². The normalized spacial score (nSPS) is 18.9. The summed E-state index contributed by atoms with van der Waals surface area (Å²) in [5.41, 5.74) is 7.09. The fourth-order valence-corrected chi connectivity index (χ4v) is 2.32. The highest BCUT2D eigenvalue weighted by Crippen LogP contribution is 2.24. The van der Waals surface area contributed by atoms with Crippen molar-refractivity contribution >= 4 is 28.9 Å². The van der Waals surface area contributed by atoms with E-state index in [4.69, 9.17) is 22.1 Å². The molecule has 1 atom stereocenters. The average molecular weight is 284 g/mol. The molecular weight excluding hydrogens is 266 g/mol. The molecule has 2 rings (SSSR count). The monoisotopic (exact) mass is 283 g/mol. The third-order valence-corrected chi connectivity index (χ3v) is 3.48. The van der Waals surface area contributed by atoms with Crippen LogP contribution in [0.25, 0.3) is 0 Å². The summed E-state index contributed by atoms with van der Waals surface area (Å²) in [5.74, 6) is 0.149. The molecule has 1 aliphatic heterocycles. The number of carbonyl (C=O) groups is 1. The first-order valence-electron chi connectivity index (χ1n) is 6.18. The maximum absolute atomic E-state index is 11.8. The van der Waals surface area contributed by atoms with Gasteiger partial charge in [0, 0.05) is 32.3 Å². The van der Waals surface area contributed by atoms with Gasteiger partial charge in [-0.3, -0.25) is 4.79 Å². The van der Waals surface area contributed by atoms with Crippen molar-refractivity contribution in [3.63, 3.8) is 0 Å². The number of rotatable bonds is 5. The number of hydrogen-bond donors (Lipinski definition) is 2. The Labute approximate surface area is 117 Å². The molecule has 1 heterocycles. The van der Waals surface area contributed by atoms with Crippen LogP contribution in [0.15, 0.2) is 18.2 Å². The SMILES string of the molecule is COCCN1C[C@@H](Nc2ccc(N)c(Cl)c2)CC1=O. The maximum Gasteiger partial charge on any atom is 0.224 e. The number of nitrogens with one attached hydrogen (secondary N) is 1. The molecule has 5 nitrogen and oxygen atoms in total. The Kier molecular flexibility index (Phi) is 4.50. The van der Waals surface area contributed by atoms with Gasteiger partial charge in [-0.25, -0.2) is 0 Å². The highest BCUT2D eigenvalue weighted by atomic mass is 35.5. The first-order chi connectivity index (χ1) is 9.10. The van der Waals surface area contributed by atoms with Gasteiger partial charge in [-0.2, -0.15) is 0 Å². The summed E-state index contributed by atoms with van der Waals surface area (Å²) in [7, 11) is 1.63. The zero-order chi connectivity index (χ0) is 13.8. The summed E-state index contributed by atoms with van der Waals surface area (Å²) in [6.45, 7) is 1.88. The molecule has 0 spiro atoms. The molecule has 1 aromatic carbocycles. The van der Waals surface area contributed by atoms with Crippen molar-refractivity contribution in [1.29, 1.82) is 0 Å².